The molecule has 0 aromatic heterocycles. The van der Waals surface area contributed by atoms with Crippen LogP contribution in [0.5, 0.6) is 5.75 Å². The highest BCUT2D eigenvalue weighted by Crippen LogP contribution is 2.25. The Bertz CT molecular complexity index is 658. The van der Waals surface area contributed by atoms with E-state index < -0.39 is 5.82 Å². The molecule has 3 nitrogen and oxygen atoms in total. The molecular weight excluding hydrogens is 281 g/mol. The fourth-order valence-corrected chi connectivity index (χ4v) is 2.06. The van der Waals surface area contributed by atoms with Crippen LogP contribution in [0.2, 0.25) is 5.02 Å². The number of nitrogens with one attached hydrogen (secondary N) is 1. The monoisotopic (exact) mass is 293 g/mol. The lowest BCUT2D eigenvalue weighted by atomic mass is 10.1. The lowest BCUT2D eigenvalue weighted by molar-refractivity contribution is 0.102. The third-order valence-electron chi connectivity index (χ3n) is 2.84. The van der Waals surface area contributed by atoms with E-state index in [1.54, 1.807) is 12.1 Å². The molecule has 0 fully saturated rings. The fourth-order valence-electron chi connectivity index (χ4n) is 1.87. The summed E-state index contributed by atoms with van der Waals surface area (Å²) in [4.78, 5) is 12.2. The van der Waals surface area contributed by atoms with Gasteiger partial charge in [-0.1, -0.05) is 23.7 Å². The summed E-state index contributed by atoms with van der Waals surface area (Å²) in [6.45, 7) is 1.85. The smallest absolute Gasteiger partial charge is 0.259 e. The van der Waals surface area contributed by atoms with Gasteiger partial charge in [0.05, 0.1) is 17.7 Å². The van der Waals surface area contributed by atoms with E-state index in [4.69, 9.17) is 16.3 Å². The van der Waals surface area contributed by atoms with E-state index in [-0.39, 0.29) is 10.9 Å². The molecule has 0 saturated heterocycles. The van der Waals surface area contributed by atoms with Gasteiger partial charge in [-0.15, -0.1) is 0 Å². The molecule has 0 spiro atoms. The highest BCUT2D eigenvalue weighted by atomic mass is 35.5. The Morgan fingerprint density at radius 1 is 1.30 bits per heavy atom. The molecule has 0 radical (unpaired) electrons. The average Bonchev–Trinajstić information content (AvgIpc) is 2.42. The normalized spacial score (nSPS) is 10.2. The van der Waals surface area contributed by atoms with E-state index in [2.05, 4.69) is 5.32 Å². The molecule has 0 unspecified atom stereocenters. The second-order valence-corrected chi connectivity index (χ2v) is 4.65. The maximum atomic E-state index is 13.1. The van der Waals surface area contributed by atoms with E-state index in [9.17, 15) is 9.18 Å². The van der Waals surface area contributed by atoms with Crippen LogP contribution in [0.25, 0.3) is 0 Å². The van der Waals surface area contributed by atoms with Crippen molar-refractivity contribution in [2.75, 3.05) is 12.4 Å². The molecule has 0 atom stereocenters. The summed E-state index contributed by atoms with van der Waals surface area (Å²) in [6.07, 6.45) is 0. The van der Waals surface area contributed by atoms with Crippen molar-refractivity contribution in [3.8, 4) is 5.75 Å². The first-order valence-electron chi connectivity index (χ1n) is 5.93. The first-order chi connectivity index (χ1) is 9.52. The van der Waals surface area contributed by atoms with Gasteiger partial charge in [-0.05, 0) is 36.8 Å². The van der Waals surface area contributed by atoms with Crippen LogP contribution in [-0.2, 0) is 0 Å². The van der Waals surface area contributed by atoms with Gasteiger partial charge in [0.25, 0.3) is 5.91 Å². The minimum Gasteiger partial charge on any atom is -0.496 e. The maximum absolute atomic E-state index is 13.1. The number of ether oxygens (including phenoxy) is 1. The van der Waals surface area contributed by atoms with Gasteiger partial charge in [-0.25, -0.2) is 4.39 Å². The number of carbonyl (C=O) groups is 1. The van der Waals surface area contributed by atoms with Crippen molar-refractivity contribution in [1.82, 2.24) is 0 Å². The predicted molar refractivity (Wildman–Crippen MR) is 77.1 cm³/mol. The Labute approximate surface area is 121 Å². The van der Waals surface area contributed by atoms with Crippen molar-refractivity contribution < 1.29 is 13.9 Å². The number of aryl methyl sites for hydroxylation is 1. The highest BCUT2D eigenvalue weighted by molar-refractivity contribution is 6.31. The number of halogens is 2. The molecule has 0 aliphatic carbocycles. The molecule has 0 aliphatic rings. The molecule has 2 aromatic rings. The highest BCUT2D eigenvalue weighted by Gasteiger charge is 2.14. The molecule has 0 aliphatic heterocycles. The number of carbonyl (C=O) groups excluding carboxylic acids is 1. The van der Waals surface area contributed by atoms with E-state index in [0.717, 1.165) is 5.56 Å². The maximum Gasteiger partial charge on any atom is 0.259 e. The minimum atomic E-state index is -0.530. The first-order valence-corrected chi connectivity index (χ1v) is 6.30. The number of amides is 1. The van der Waals surface area contributed by atoms with E-state index >= 15 is 0 Å². The van der Waals surface area contributed by atoms with Crippen molar-refractivity contribution in [3.05, 3.63) is 58.4 Å². The van der Waals surface area contributed by atoms with Crippen molar-refractivity contribution >= 4 is 23.2 Å². The summed E-state index contributed by atoms with van der Waals surface area (Å²) in [6, 6.07) is 9.28. The number of para-hydroxylation sites is 1. The summed E-state index contributed by atoms with van der Waals surface area (Å²) in [5.74, 6) is -0.357. The molecule has 20 heavy (non-hydrogen) atoms. The Hall–Kier alpha value is -2.07. The van der Waals surface area contributed by atoms with Crippen LogP contribution >= 0.6 is 11.6 Å². The quantitative estimate of drug-likeness (QED) is 0.927. The average molecular weight is 294 g/mol. The Balaban J connectivity index is 2.28. The molecule has 2 aromatic carbocycles. The van der Waals surface area contributed by atoms with Crippen LogP contribution in [0, 0.1) is 12.7 Å². The van der Waals surface area contributed by atoms with Gasteiger partial charge in [0.15, 0.2) is 0 Å². The summed E-state index contributed by atoms with van der Waals surface area (Å²) in [5.41, 5.74) is 1.69. The number of benzene rings is 2. The van der Waals surface area contributed by atoms with Gasteiger partial charge < -0.3 is 10.1 Å². The Morgan fingerprint density at radius 3 is 2.70 bits per heavy atom. The third-order valence-corrected chi connectivity index (χ3v) is 3.13. The topological polar surface area (TPSA) is 38.3 Å². The van der Waals surface area contributed by atoms with Crippen molar-refractivity contribution in [1.29, 1.82) is 0 Å². The molecule has 2 rings (SSSR count). The Morgan fingerprint density at radius 2 is 2.05 bits per heavy atom. The molecule has 0 saturated carbocycles. The number of hydrogen-bond acceptors (Lipinski definition) is 2. The second kappa shape index (κ2) is 5.92. The molecule has 104 valence electrons. The SMILES string of the molecule is COc1c(C)cccc1C(=O)Nc1ccc(F)c(Cl)c1. The molecular formula is C15H13ClFNO2. The lowest BCUT2D eigenvalue weighted by Crippen LogP contribution is -2.13. The van der Waals surface area contributed by atoms with Crippen LogP contribution < -0.4 is 10.1 Å². The summed E-state index contributed by atoms with van der Waals surface area (Å²) in [5, 5.41) is 2.62. The number of methoxy groups -OCH3 is 1. The predicted octanol–water partition coefficient (Wildman–Crippen LogP) is 4.05. The summed E-state index contributed by atoms with van der Waals surface area (Å²) >= 11 is 5.68. The molecule has 5 heteroatoms. The molecule has 0 heterocycles. The number of anilines is 1. The van der Waals surface area contributed by atoms with Crippen molar-refractivity contribution in [3.63, 3.8) is 0 Å². The van der Waals surface area contributed by atoms with Gasteiger partial charge in [0.2, 0.25) is 0 Å². The van der Waals surface area contributed by atoms with Crippen LogP contribution in [0.3, 0.4) is 0 Å². The van der Waals surface area contributed by atoms with Crippen molar-refractivity contribution in [2.24, 2.45) is 0 Å². The van der Waals surface area contributed by atoms with Gasteiger partial charge in [0, 0.05) is 5.69 Å². The van der Waals surface area contributed by atoms with Gasteiger partial charge in [0.1, 0.15) is 11.6 Å². The van der Waals surface area contributed by atoms with Crippen LogP contribution in [-0.4, -0.2) is 13.0 Å². The standard InChI is InChI=1S/C15H13ClFNO2/c1-9-4-3-5-11(14(9)20-2)15(19)18-10-6-7-13(17)12(16)8-10/h3-8H,1-2H3,(H,18,19). The van der Waals surface area contributed by atoms with Crippen LogP contribution in [0.1, 0.15) is 15.9 Å². The van der Waals surface area contributed by atoms with Gasteiger partial charge in [-0.3, -0.25) is 4.79 Å². The zero-order chi connectivity index (χ0) is 14.7. The zero-order valence-electron chi connectivity index (χ0n) is 11.0. The largest absolute Gasteiger partial charge is 0.496 e. The summed E-state index contributed by atoms with van der Waals surface area (Å²) < 4.78 is 18.3. The molecule has 1 N–H and O–H groups in total. The second-order valence-electron chi connectivity index (χ2n) is 4.24. The minimum absolute atomic E-state index is 0.0426. The fraction of sp³-hybridized carbons (Fsp3) is 0.133. The third kappa shape index (κ3) is 2.91. The van der Waals surface area contributed by atoms with Crippen LogP contribution in [0.4, 0.5) is 10.1 Å². The van der Waals surface area contributed by atoms with Gasteiger partial charge in [-0.2, -0.15) is 0 Å². The van der Waals surface area contributed by atoms with Crippen molar-refractivity contribution in [2.45, 2.75) is 6.92 Å². The van der Waals surface area contributed by atoms with Crippen LogP contribution in [0.15, 0.2) is 36.4 Å². The van der Waals surface area contributed by atoms with Gasteiger partial charge >= 0.3 is 0 Å². The van der Waals surface area contributed by atoms with E-state index in [1.165, 1.54) is 25.3 Å². The number of hydrogen-bond donors (Lipinski definition) is 1. The molecule has 1 amide bonds. The summed E-state index contributed by atoms with van der Waals surface area (Å²) in [7, 11) is 1.51. The Kier molecular flexibility index (Phi) is 4.25. The molecule has 0 bridgehead atoms. The number of rotatable bonds is 3. The lowest BCUT2D eigenvalue weighted by Gasteiger charge is -2.11. The zero-order valence-corrected chi connectivity index (χ0v) is 11.8. The van der Waals surface area contributed by atoms with E-state index in [0.29, 0.717) is 17.0 Å². The van der Waals surface area contributed by atoms with E-state index in [1.807, 2.05) is 13.0 Å². The first kappa shape index (κ1) is 14.3.